The summed E-state index contributed by atoms with van der Waals surface area (Å²) >= 11 is 5.30. The van der Waals surface area contributed by atoms with Gasteiger partial charge >= 0.3 is 0 Å². The molecule has 0 bridgehead atoms. The number of halogens is 2. The number of fused-ring (bicyclic) bond motifs is 2. The number of aromatic amines is 1. The molecular formula is C20H23F2N10O7PS. The van der Waals surface area contributed by atoms with Crippen LogP contribution in [0.2, 0.25) is 0 Å². The van der Waals surface area contributed by atoms with Crippen LogP contribution in [-0.2, 0) is 25.8 Å². The summed E-state index contributed by atoms with van der Waals surface area (Å²) in [6.07, 6.45) is -8.71. The normalized spacial score (nSPS) is 31.7. The van der Waals surface area contributed by atoms with Gasteiger partial charge in [-0.1, -0.05) is 5.21 Å². The van der Waals surface area contributed by atoms with E-state index in [1.807, 2.05) is 0 Å². The molecule has 2 aliphatic heterocycles. The third kappa shape index (κ3) is 4.56. The second kappa shape index (κ2) is 10.2. The fraction of sp³-hybridized carbons (Fsp3) is 0.500. The van der Waals surface area contributed by atoms with E-state index in [-0.39, 0.29) is 28.6 Å². The Balaban J connectivity index is 1.25. The lowest BCUT2D eigenvalue weighted by Crippen LogP contribution is -2.34. The molecule has 17 nitrogen and oxygen atoms in total. The van der Waals surface area contributed by atoms with Crippen molar-refractivity contribution in [1.82, 2.24) is 39.5 Å². The molecule has 2 fully saturated rings. The third-order valence-electron chi connectivity index (χ3n) is 6.97. The minimum absolute atomic E-state index is 0.168. The highest BCUT2D eigenvalue weighted by Crippen LogP contribution is 2.58. The highest BCUT2D eigenvalue weighted by atomic mass is 32.5. The van der Waals surface area contributed by atoms with E-state index in [0.717, 1.165) is 4.68 Å². The number of anilines is 2. The van der Waals surface area contributed by atoms with Gasteiger partial charge < -0.3 is 45.1 Å². The van der Waals surface area contributed by atoms with Crippen LogP contribution in [0.15, 0.2) is 23.4 Å². The predicted molar refractivity (Wildman–Crippen MR) is 139 cm³/mol. The molecule has 0 spiro atoms. The number of aliphatic hydroxyl groups is 2. The highest BCUT2D eigenvalue weighted by molar-refractivity contribution is 8.09. The van der Waals surface area contributed by atoms with Gasteiger partial charge in [0.1, 0.15) is 47.9 Å². The van der Waals surface area contributed by atoms with Crippen LogP contribution in [0.4, 0.5) is 20.5 Å². The number of nitrogens with two attached hydrogens (primary N) is 2. The molecule has 0 aliphatic carbocycles. The molecule has 220 valence electrons. The smallest absolute Gasteiger partial charge is 0.282 e. The van der Waals surface area contributed by atoms with Gasteiger partial charge in [-0.3, -0.25) is 9.78 Å². The Bertz CT molecular complexity index is 1720. The predicted octanol–water partition coefficient (Wildman–Crippen LogP) is -1.36. The van der Waals surface area contributed by atoms with Gasteiger partial charge in [-0.05, 0) is 17.9 Å². The number of hydrogen-bond acceptors (Lipinski definition) is 14. The number of nitrogens with zero attached hydrogens (tertiary/aromatic N) is 7. The van der Waals surface area contributed by atoms with Crippen LogP contribution >= 0.6 is 6.49 Å². The Kier molecular flexibility index (Phi) is 6.97. The van der Waals surface area contributed by atoms with E-state index in [1.54, 1.807) is 6.07 Å². The van der Waals surface area contributed by atoms with Crippen LogP contribution < -0.4 is 17.0 Å². The Morgan fingerprint density at radius 2 is 1.93 bits per heavy atom. The Morgan fingerprint density at radius 1 is 1.17 bits per heavy atom. The first-order valence-corrected chi connectivity index (χ1v) is 14.8. The number of hydrogen-bond donors (Lipinski definition) is 6. The van der Waals surface area contributed by atoms with Crippen LogP contribution in [0.3, 0.4) is 0 Å². The topological polar surface area (TPSA) is 248 Å². The molecule has 0 aromatic carbocycles. The van der Waals surface area contributed by atoms with Gasteiger partial charge in [-0.25, -0.2) is 18.7 Å². The van der Waals surface area contributed by atoms with E-state index in [4.69, 9.17) is 37.3 Å². The number of aromatic nitrogens is 8. The minimum atomic E-state index is -4.24. The lowest BCUT2D eigenvalue weighted by molar-refractivity contribution is -0.0433. The zero-order valence-electron chi connectivity index (χ0n) is 20.6. The largest absolute Gasteiger partial charge is 0.394 e. The van der Waals surface area contributed by atoms with Crippen molar-refractivity contribution >= 4 is 52.3 Å². The lowest BCUT2D eigenvalue weighted by atomic mass is 10.1. The molecular weight excluding hydrogens is 593 g/mol. The number of ether oxygens (including phenoxy) is 2. The summed E-state index contributed by atoms with van der Waals surface area (Å²) < 4.78 is 49.8. The summed E-state index contributed by atoms with van der Waals surface area (Å²) in [6.45, 7) is -5.66. The molecule has 4 aromatic rings. The van der Waals surface area contributed by atoms with Crippen molar-refractivity contribution in [2.75, 3.05) is 24.7 Å². The van der Waals surface area contributed by atoms with Crippen LogP contribution in [0.1, 0.15) is 12.5 Å². The number of aliphatic hydroxyl groups excluding tert-OH is 2. The van der Waals surface area contributed by atoms with E-state index in [1.165, 1.54) is 17.1 Å². The molecule has 8 N–H and O–H groups in total. The standard InChI is InChI=1S/C20H23F2N10O7PS/c21-9-7(3-33)38-19(32-16-11(29-30-32)17(35)28-20(24)27-16)13(9)40(36,41)37-4-8-12(34)10(22)18(39-8)31-2-1-6-14(23)25-5-26-15(6)31/h1-2,5,7-10,12-13,18-19,33-34H,3-4H2,(H,36,41)(H2,23,25,26)(H3,24,27,28,35)/t7-,8-,9+,10+,12-,13-,18-,19-,40?/m1/s1. The monoisotopic (exact) mass is 616 g/mol. The van der Waals surface area contributed by atoms with Crippen molar-refractivity contribution in [2.45, 2.75) is 48.8 Å². The Hall–Kier alpha value is -3.23. The average Bonchev–Trinajstić information content (AvgIpc) is 3.68. The zero-order valence-corrected chi connectivity index (χ0v) is 22.3. The van der Waals surface area contributed by atoms with Gasteiger partial charge in [0.25, 0.3) is 5.56 Å². The molecule has 41 heavy (non-hydrogen) atoms. The second-order valence-corrected chi connectivity index (χ2v) is 13.0. The number of rotatable bonds is 7. The summed E-state index contributed by atoms with van der Waals surface area (Å²) in [6, 6.07) is 1.56. The first kappa shape index (κ1) is 27.9. The molecule has 2 aliphatic rings. The van der Waals surface area contributed by atoms with Crippen LogP contribution in [0, 0.1) is 0 Å². The van der Waals surface area contributed by atoms with Crippen molar-refractivity contribution in [3.63, 3.8) is 0 Å². The molecule has 2 saturated heterocycles. The van der Waals surface area contributed by atoms with Crippen molar-refractivity contribution in [2.24, 2.45) is 0 Å². The zero-order chi connectivity index (χ0) is 29.2. The first-order valence-electron chi connectivity index (χ1n) is 12.0. The number of nitrogens with one attached hydrogen (secondary N) is 1. The van der Waals surface area contributed by atoms with Gasteiger partial charge in [-0.15, -0.1) is 5.10 Å². The first-order chi connectivity index (χ1) is 19.5. The summed E-state index contributed by atoms with van der Waals surface area (Å²) in [5.41, 5.74) is 8.91. The Morgan fingerprint density at radius 3 is 2.68 bits per heavy atom. The van der Waals surface area contributed by atoms with E-state index in [9.17, 15) is 19.9 Å². The highest BCUT2D eigenvalue weighted by Gasteiger charge is 2.55. The van der Waals surface area contributed by atoms with Gasteiger partial charge in [0, 0.05) is 6.20 Å². The Labute approximate surface area is 232 Å². The van der Waals surface area contributed by atoms with Gasteiger partial charge in [0.15, 0.2) is 36.3 Å². The van der Waals surface area contributed by atoms with E-state index >= 15 is 8.78 Å². The van der Waals surface area contributed by atoms with Gasteiger partial charge in [0.05, 0.1) is 18.6 Å². The maximum Gasteiger partial charge on any atom is 0.282 e. The molecule has 6 heterocycles. The minimum Gasteiger partial charge on any atom is -0.394 e. The number of H-pyrrole nitrogens is 1. The van der Waals surface area contributed by atoms with Crippen LogP contribution in [0.5, 0.6) is 0 Å². The third-order valence-corrected chi connectivity index (χ3v) is 9.83. The van der Waals surface area contributed by atoms with Crippen molar-refractivity contribution < 1.29 is 37.9 Å². The summed E-state index contributed by atoms with van der Waals surface area (Å²) in [7, 11) is 0. The molecule has 21 heteroatoms. The fourth-order valence-electron chi connectivity index (χ4n) is 4.96. The molecule has 4 aromatic heterocycles. The molecule has 0 radical (unpaired) electrons. The molecule has 0 amide bonds. The second-order valence-electron chi connectivity index (χ2n) is 9.42. The molecule has 6 rings (SSSR count). The van der Waals surface area contributed by atoms with Crippen molar-refractivity contribution in [1.29, 1.82) is 0 Å². The van der Waals surface area contributed by atoms with Crippen LogP contribution in [-0.4, -0.2) is 104 Å². The molecule has 9 atom stereocenters. The van der Waals surface area contributed by atoms with E-state index in [2.05, 4.69) is 30.2 Å². The van der Waals surface area contributed by atoms with Crippen LogP contribution in [0.25, 0.3) is 22.2 Å². The maximum absolute atomic E-state index is 15.5. The summed E-state index contributed by atoms with van der Waals surface area (Å²) in [5.74, 6) is -0.121. The molecule has 0 saturated carbocycles. The summed E-state index contributed by atoms with van der Waals surface area (Å²) in [5, 5.41) is 28.2. The van der Waals surface area contributed by atoms with Gasteiger partial charge in [0.2, 0.25) is 5.95 Å². The van der Waals surface area contributed by atoms with Gasteiger partial charge in [-0.2, -0.15) is 9.67 Å². The van der Waals surface area contributed by atoms with Crippen molar-refractivity contribution in [3.8, 4) is 0 Å². The number of nitrogen functional groups attached to an aromatic ring is 2. The lowest BCUT2D eigenvalue weighted by Gasteiger charge is -2.28. The maximum atomic E-state index is 15.5. The van der Waals surface area contributed by atoms with Crippen molar-refractivity contribution in [3.05, 3.63) is 28.9 Å². The fourth-order valence-corrected chi connectivity index (χ4v) is 7.40. The number of alkyl halides is 2. The van der Waals surface area contributed by atoms with E-state index < -0.39 is 74.0 Å². The SMILES string of the molecule is Nc1nc2c(nnn2[C@@H]2O[C@H](CO)[C@H](F)[C@H]2P(O)(=S)OC[C@H]2O[C@@H](n3ccc4c(N)ncnc43)[C@@H](F)[C@@H]2O)c(=O)[nH]1. The summed E-state index contributed by atoms with van der Waals surface area (Å²) in [4.78, 5) is 37.6. The average molecular weight is 617 g/mol. The van der Waals surface area contributed by atoms with E-state index in [0.29, 0.717) is 5.39 Å². The quantitative estimate of drug-likeness (QED) is 0.131. The molecule has 1 unspecified atom stereocenters.